The summed E-state index contributed by atoms with van der Waals surface area (Å²) in [6, 6.07) is 38.4. The molecule has 1 aliphatic heterocycles. The zero-order valence-electron chi connectivity index (χ0n) is 22.3. The molecule has 1 saturated heterocycles. The van der Waals surface area contributed by atoms with Gasteiger partial charge in [0.2, 0.25) is 0 Å². The van der Waals surface area contributed by atoms with Crippen LogP contribution in [-0.2, 0) is 11.2 Å². The molecule has 0 radical (unpaired) electrons. The molecule has 0 spiro atoms. The van der Waals surface area contributed by atoms with Gasteiger partial charge in [-0.05, 0) is 60.6 Å². The lowest BCUT2D eigenvalue weighted by molar-refractivity contribution is 0.0784. The number of rotatable bonds is 9. The van der Waals surface area contributed by atoms with E-state index in [1.807, 2.05) is 18.2 Å². The number of aromatic hydroxyl groups is 1. The Bertz CT molecular complexity index is 1470. The number of hydrogen-bond acceptors (Lipinski definition) is 3. The largest absolute Gasteiger partial charge is 0.494 e. The second kappa shape index (κ2) is 11.8. The quantitative estimate of drug-likeness (QED) is 0.202. The van der Waals surface area contributed by atoms with Crippen LogP contribution in [0.3, 0.4) is 0 Å². The fourth-order valence-corrected chi connectivity index (χ4v) is 5.84. The van der Waals surface area contributed by atoms with E-state index in [9.17, 15) is 5.11 Å². The zero-order valence-corrected chi connectivity index (χ0v) is 22.3. The van der Waals surface area contributed by atoms with Crippen molar-refractivity contribution < 1.29 is 9.84 Å². The normalized spacial score (nSPS) is 15.0. The minimum absolute atomic E-state index is 0.0763. The molecule has 198 valence electrons. The lowest BCUT2D eigenvalue weighted by Gasteiger charge is -2.34. The number of anilines is 1. The van der Waals surface area contributed by atoms with Crippen molar-refractivity contribution >= 4 is 16.5 Å². The number of fused-ring (bicyclic) bond motifs is 1. The van der Waals surface area contributed by atoms with Crippen LogP contribution in [0.2, 0.25) is 0 Å². The van der Waals surface area contributed by atoms with Crippen molar-refractivity contribution in [2.45, 2.75) is 37.8 Å². The van der Waals surface area contributed by atoms with Gasteiger partial charge in [-0.15, -0.1) is 0 Å². The molecule has 1 fully saturated rings. The molecule has 1 atom stereocenters. The van der Waals surface area contributed by atoms with E-state index in [0.29, 0.717) is 18.5 Å². The van der Waals surface area contributed by atoms with Crippen molar-refractivity contribution in [3.05, 3.63) is 132 Å². The summed E-state index contributed by atoms with van der Waals surface area (Å²) in [4.78, 5) is 2.46. The van der Waals surface area contributed by atoms with Crippen molar-refractivity contribution in [2.75, 3.05) is 24.6 Å². The summed E-state index contributed by atoms with van der Waals surface area (Å²) < 4.78 is 8.55. The van der Waals surface area contributed by atoms with Gasteiger partial charge >= 0.3 is 0 Å². The maximum Gasteiger partial charge on any atom is 0.199 e. The van der Waals surface area contributed by atoms with Gasteiger partial charge in [0.15, 0.2) is 5.88 Å². The minimum atomic E-state index is -0.0763. The first kappa shape index (κ1) is 25.3. The molecule has 5 aromatic rings. The van der Waals surface area contributed by atoms with Crippen LogP contribution in [0.15, 0.2) is 115 Å². The molecular formula is C35H36N2O2. The lowest BCUT2D eigenvalue weighted by Crippen LogP contribution is -2.34. The van der Waals surface area contributed by atoms with Crippen LogP contribution in [-0.4, -0.2) is 29.4 Å². The summed E-state index contributed by atoms with van der Waals surface area (Å²) in [6.45, 7) is 2.65. The Kier molecular flexibility index (Phi) is 7.64. The van der Waals surface area contributed by atoms with Crippen LogP contribution in [0.1, 0.15) is 48.1 Å². The van der Waals surface area contributed by atoms with Gasteiger partial charge in [0.1, 0.15) is 6.10 Å². The smallest absolute Gasteiger partial charge is 0.199 e. The molecule has 4 aromatic carbocycles. The van der Waals surface area contributed by atoms with Crippen molar-refractivity contribution in [2.24, 2.45) is 0 Å². The number of aryl methyl sites for hydroxylation is 1. The molecule has 1 aliphatic rings. The van der Waals surface area contributed by atoms with E-state index in [1.54, 1.807) is 0 Å². The van der Waals surface area contributed by atoms with Crippen LogP contribution in [0.25, 0.3) is 10.8 Å². The van der Waals surface area contributed by atoms with Crippen molar-refractivity contribution in [3.8, 4) is 5.88 Å². The lowest BCUT2D eigenvalue weighted by atomic mass is 10.00. The first-order chi connectivity index (χ1) is 19.3. The number of aromatic nitrogens is 1. The van der Waals surface area contributed by atoms with E-state index in [0.717, 1.165) is 49.5 Å². The highest BCUT2D eigenvalue weighted by atomic mass is 16.5. The second-order valence-corrected chi connectivity index (χ2v) is 10.5. The van der Waals surface area contributed by atoms with E-state index >= 15 is 0 Å². The fourth-order valence-electron chi connectivity index (χ4n) is 5.84. The predicted octanol–water partition coefficient (Wildman–Crippen LogP) is 7.93. The number of piperidine rings is 1. The Hall–Kier alpha value is -4.02. The Balaban J connectivity index is 1.10. The average molecular weight is 517 g/mol. The Labute approximate surface area is 231 Å². The maximum absolute atomic E-state index is 10.8. The topological polar surface area (TPSA) is 37.6 Å². The van der Waals surface area contributed by atoms with Crippen LogP contribution < -0.4 is 4.90 Å². The van der Waals surface area contributed by atoms with Crippen molar-refractivity contribution in [1.82, 2.24) is 4.57 Å². The van der Waals surface area contributed by atoms with Crippen LogP contribution >= 0.6 is 0 Å². The van der Waals surface area contributed by atoms with Gasteiger partial charge < -0.3 is 19.3 Å². The third-order valence-corrected chi connectivity index (χ3v) is 7.98. The molecule has 0 bridgehead atoms. The first-order valence-corrected chi connectivity index (χ1v) is 14.1. The summed E-state index contributed by atoms with van der Waals surface area (Å²) in [5.74, 6) is 0.393. The monoisotopic (exact) mass is 516 g/mol. The first-order valence-electron chi connectivity index (χ1n) is 14.1. The van der Waals surface area contributed by atoms with Gasteiger partial charge in [-0.3, -0.25) is 0 Å². The van der Waals surface area contributed by atoms with Gasteiger partial charge in [-0.1, -0.05) is 91.0 Å². The highest BCUT2D eigenvalue weighted by Gasteiger charge is 2.24. The Morgan fingerprint density at radius 2 is 1.38 bits per heavy atom. The summed E-state index contributed by atoms with van der Waals surface area (Å²) in [6.07, 6.45) is 6.05. The van der Waals surface area contributed by atoms with Crippen molar-refractivity contribution in [1.29, 1.82) is 0 Å². The number of benzene rings is 4. The van der Waals surface area contributed by atoms with Gasteiger partial charge in [-0.2, -0.15) is 0 Å². The molecule has 6 rings (SSSR count). The summed E-state index contributed by atoms with van der Waals surface area (Å²) in [5.41, 5.74) is 4.97. The van der Waals surface area contributed by atoms with Gasteiger partial charge in [0.25, 0.3) is 0 Å². The van der Waals surface area contributed by atoms with E-state index in [1.165, 1.54) is 22.4 Å². The van der Waals surface area contributed by atoms with Crippen molar-refractivity contribution in [3.63, 3.8) is 0 Å². The second-order valence-electron chi connectivity index (χ2n) is 10.5. The van der Waals surface area contributed by atoms with Crippen LogP contribution in [0, 0.1) is 0 Å². The summed E-state index contributed by atoms with van der Waals surface area (Å²) in [5, 5.41) is 12.8. The Morgan fingerprint density at radius 1 is 0.744 bits per heavy atom. The third kappa shape index (κ3) is 5.71. The van der Waals surface area contributed by atoms with Gasteiger partial charge in [0.05, 0.1) is 0 Å². The Morgan fingerprint density at radius 3 is 2.10 bits per heavy atom. The molecule has 4 nitrogen and oxygen atoms in total. The molecule has 4 heteroatoms. The van der Waals surface area contributed by atoms with Gasteiger partial charge in [-0.25, -0.2) is 0 Å². The molecule has 1 aromatic heterocycles. The molecule has 0 amide bonds. The molecular weight excluding hydrogens is 480 g/mol. The molecule has 0 aliphatic carbocycles. The maximum atomic E-state index is 10.8. The number of ether oxygens (including phenoxy) is 1. The SMILES string of the molecule is Oc1c2ccccc2cn1C1CCN(c2ccc(C(OCCCc3ccccc3)c3ccccc3)cc2)CC1. The predicted molar refractivity (Wildman–Crippen MR) is 160 cm³/mol. The van der Waals surface area contributed by atoms with E-state index in [-0.39, 0.29) is 6.10 Å². The summed E-state index contributed by atoms with van der Waals surface area (Å²) in [7, 11) is 0. The molecule has 0 saturated carbocycles. The molecule has 1 N–H and O–H groups in total. The van der Waals surface area contributed by atoms with E-state index < -0.39 is 0 Å². The zero-order chi connectivity index (χ0) is 26.4. The molecule has 1 unspecified atom stereocenters. The highest BCUT2D eigenvalue weighted by Crippen LogP contribution is 2.35. The fraction of sp³-hybridized carbons (Fsp3) is 0.257. The van der Waals surface area contributed by atoms with Crippen LogP contribution in [0.5, 0.6) is 5.88 Å². The number of hydrogen-bond donors (Lipinski definition) is 1. The van der Waals surface area contributed by atoms with E-state index in [2.05, 4.69) is 107 Å². The van der Waals surface area contributed by atoms with Crippen LogP contribution in [0.4, 0.5) is 5.69 Å². The number of nitrogens with zero attached hydrogens (tertiary/aromatic N) is 2. The van der Waals surface area contributed by atoms with E-state index in [4.69, 9.17) is 4.74 Å². The molecule has 2 heterocycles. The summed E-state index contributed by atoms with van der Waals surface area (Å²) >= 11 is 0. The highest BCUT2D eigenvalue weighted by molar-refractivity contribution is 5.87. The molecule has 39 heavy (non-hydrogen) atoms. The average Bonchev–Trinajstić information content (AvgIpc) is 3.35. The standard InChI is InChI=1S/C35H36N2O2/c38-35-33-16-8-7-15-30(33)26-37(35)32-21-23-36(24-22-32)31-19-17-29(18-20-31)34(28-13-5-2-6-14-28)39-25-9-12-27-10-3-1-4-11-27/h1-8,10-11,13-20,26,32,34,38H,9,12,21-25H2. The minimum Gasteiger partial charge on any atom is -0.494 e. The van der Waals surface area contributed by atoms with Gasteiger partial charge in [0, 0.05) is 48.4 Å². The third-order valence-electron chi connectivity index (χ3n) is 7.98.